The second kappa shape index (κ2) is 10.2. The average molecular weight is 476 g/mol. The highest BCUT2D eigenvalue weighted by Gasteiger charge is 2.29. The molecule has 0 saturated heterocycles. The molecule has 1 amide bonds. The predicted molar refractivity (Wildman–Crippen MR) is 130 cm³/mol. The lowest BCUT2D eigenvalue weighted by Gasteiger charge is -2.29. The molecule has 0 radical (unpaired) electrons. The van der Waals surface area contributed by atoms with Crippen LogP contribution >= 0.6 is 11.3 Å². The highest BCUT2D eigenvalue weighted by molar-refractivity contribution is 7.08. The fraction of sp³-hybridized carbons (Fsp3) is 0.231. The molecule has 174 valence electrons. The van der Waals surface area contributed by atoms with E-state index in [4.69, 9.17) is 9.47 Å². The molecule has 1 aliphatic rings. The Morgan fingerprint density at radius 3 is 2.76 bits per heavy atom. The summed E-state index contributed by atoms with van der Waals surface area (Å²) >= 11 is 1.62. The van der Waals surface area contributed by atoms with Crippen LogP contribution in [0.2, 0.25) is 0 Å². The molecule has 0 fully saturated rings. The van der Waals surface area contributed by atoms with E-state index in [9.17, 15) is 9.90 Å². The summed E-state index contributed by atoms with van der Waals surface area (Å²) in [5.74, 6) is 0.647. The number of nitrogens with one attached hydrogen (secondary N) is 2. The van der Waals surface area contributed by atoms with Gasteiger partial charge in [0.25, 0.3) is 5.91 Å². The number of hydrogen-bond acceptors (Lipinski definition) is 6. The number of aliphatic hydroxyl groups is 1. The number of aromatic amines is 1. The number of nitrogens with zero attached hydrogens (tertiary/aromatic N) is 1. The minimum Gasteiger partial charge on any atom is -0.459 e. The molecule has 5 rings (SSSR count). The molecule has 0 unspecified atom stereocenters. The van der Waals surface area contributed by atoms with Gasteiger partial charge in [0.2, 0.25) is 6.29 Å². The molecule has 34 heavy (non-hydrogen) atoms. The van der Waals surface area contributed by atoms with E-state index in [0.717, 1.165) is 27.7 Å². The summed E-state index contributed by atoms with van der Waals surface area (Å²) in [4.78, 5) is 20.7. The number of imidazole rings is 1. The minimum atomic E-state index is -0.556. The maximum absolute atomic E-state index is 13.0. The predicted octanol–water partition coefficient (Wildman–Crippen LogP) is 4.36. The Bertz CT molecular complexity index is 1250. The normalized spacial score (nSPS) is 17.9. The summed E-state index contributed by atoms with van der Waals surface area (Å²) in [7, 11) is 0. The summed E-state index contributed by atoms with van der Waals surface area (Å²) in [6.45, 7) is 0.618. The van der Waals surface area contributed by atoms with E-state index < -0.39 is 6.29 Å². The van der Waals surface area contributed by atoms with Crippen molar-refractivity contribution < 1.29 is 19.4 Å². The summed E-state index contributed by atoms with van der Waals surface area (Å²) < 4.78 is 12.0. The number of carbonyl (C=O) groups is 1. The van der Waals surface area contributed by atoms with Crippen molar-refractivity contribution >= 4 is 28.3 Å². The summed E-state index contributed by atoms with van der Waals surface area (Å²) in [5.41, 5.74) is 4.74. The van der Waals surface area contributed by atoms with Crippen molar-refractivity contribution in [1.82, 2.24) is 15.3 Å². The van der Waals surface area contributed by atoms with Crippen molar-refractivity contribution in [3.05, 3.63) is 99.7 Å². The van der Waals surface area contributed by atoms with E-state index in [0.29, 0.717) is 18.9 Å². The molecule has 0 spiro atoms. The number of benzene rings is 2. The zero-order chi connectivity index (χ0) is 23.3. The Morgan fingerprint density at radius 2 is 2.00 bits per heavy atom. The van der Waals surface area contributed by atoms with Crippen LogP contribution < -0.4 is 5.32 Å². The minimum absolute atomic E-state index is 0.00644. The largest absolute Gasteiger partial charge is 0.459 e. The number of ether oxygens (including phenoxy) is 2. The molecule has 2 atom stereocenters. The highest BCUT2D eigenvalue weighted by atomic mass is 32.1. The topological polar surface area (TPSA) is 96.5 Å². The van der Waals surface area contributed by atoms with Gasteiger partial charge in [0.15, 0.2) is 5.76 Å². The Morgan fingerprint density at radius 1 is 1.18 bits per heavy atom. The number of carbonyl (C=O) groups excluding carboxylic acids is 1. The van der Waals surface area contributed by atoms with E-state index in [1.54, 1.807) is 11.3 Å². The van der Waals surface area contributed by atoms with Crippen LogP contribution in [0.15, 0.2) is 77.2 Å². The number of rotatable bonds is 8. The van der Waals surface area contributed by atoms with Crippen LogP contribution in [0.1, 0.15) is 34.9 Å². The standard InChI is InChI=1S/C26H25N3O4S/c30-14-17-5-7-18(8-6-17)15-32-25-12-20(19-9-10-34-16-19)11-23(33-25)26(31)27-13-24-28-21-3-1-2-4-22(21)29-24/h1-11,16,20,25,30H,12-15H2,(H,27,31)(H,28,29)/t20-,25+/m0/s1. The average Bonchev–Trinajstić information content (AvgIpc) is 3.56. The lowest BCUT2D eigenvalue weighted by Crippen LogP contribution is -2.32. The maximum Gasteiger partial charge on any atom is 0.286 e. The molecule has 0 saturated carbocycles. The molecule has 0 aliphatic carbocycles. The SMILES string of the molecule is O=C(NCc1nc2ccccc2[nH]1)C1=C[C@H](c2ccsc2)C[C@H](OCc2ccc(CO)cc2)O1. The maximum atomic E-state index is 13.0. The number of fused-ring (bicyclic) bond motifs is 1. The van der Waals surface area contributed by atoms with Gasteiger partial charge in [-0.15, -0.1) is 0 Å². The van der Waals surface area contributed by atoms with Crippen molar-refractivity contribution in [2.75, 3.05) is 0 Å². The molecule has 3 N–H and O–H groups in total. The zero-order valence-corrected chi connectivity index (χ0v) is 19.3. The first-order valence-corrected chi connectivity index (χ1v) is 12.0. The monoisotopic (exact) mass is 475 g/mol. The number of H-pyrrole nitrogens is 1. The molecule has 8 heteroatoms. The first kappa shape index (κ1) is 22.3. The first-order valence-electron chi connectivity index (χ1n) is 11.1. The second-order valence-electron chi connectivity index (χ2n) is 8.15. The molecular formula is C26H25N3O4S. The Hall–Kier alpha value is -3.46. The molecule has 4 aromatic rings. The van der Waals surface area contributed by atoms with E-state index in [1.165, 1.54) is 0 Å². The van der Waals surface area contributed by atoms with Gasteiger partial charge in [0.1, 0.15) is 5.82 Å². The van der Waals surface area contributed by atoms with E-state index in [1.807, 2.05) is 60.0 Å². The third kappa shape index (κ3) is 5.20. The van der Waals surface area contributed by atoms with Crippen LogP contribution in [0.5, 0.6) is 0 Å². The van der Waals surface area contributed by atoms with Gasteiger partial charge in [-0.3, -0.25) is 4.79 Å². The molecule has 2 aromatic heterocycles. The van der Waals surface area contributed by atoms with Crippen molar-refractivity contribution in [3.8, 4) is 0 Å². The molecule has 2 aromatic carbocycles. The fourth-order valence-electron chi connectivity index (χ4n) is 3.91. The zero-order valence-electron chi connectivity index (χ0n) is 18.4. The van der Waals surface area contributed by atoms with Crippen LogP contribution in [0.4, 0.5) is 0 Å². The third-order valence-corrected chi connectivity index (χ3v) is 6.45. The number of para-hydroxylation sites is 2. The van der Waals surface area contributed by atoms with Crippen molar-refractivity contribution in [3.63, 3.8) is 0 Å². The van der Waals surface area contributed by atoms with E-state index in [2.05, 4.69) is 26.7 Å². The quantitative estimate of drug-likeness (QED) is 0.352. The van der Waals surface area contributed by atoms with Crippen molar-refractivity contribution in [1.29, 1.82) is 0 Å². The number of aliphatic hydroxyl groups excluding tert-OH is 1. The van der Waals surface area contributed by atoms with Crippen LogP contribution in [-0.2, 0) is 34.0 Å². The molecule has 1 aliphatic heterocycles. The van der Waals surface area contributed by atoms with Gasteiger partial charge in [-0.1, -0.05) is 36.4 Å². The third-order valence-electron chi connectivity index (χ3n) is 5.75. The second-order valence-corrected chi connectivity index (χ2v) is 8.93. The van der Waals surface area contributed by atoms with E-state index in [-0.39, 0.29) is 30.7 Å². The van der Waals surface area contributed by atoms with Gasteiger partial charge >= 0.3 is 0 Å². The Labute approximate surface area is 201 Å². The summed E-state index contributed by atoms with van der Waals surface area (Å²) in [6.07, 6.45) is 1.93. The molecule has 0 bridgehead atoms. The number of thiophene rings is 1. The van der Waals surface area contributed by atoms with Gasteiger partial charge in [-0.25, -0.2) is 4.98 Å². The van der Waals surface area contributed by atoms with Gasteiger partial charge in [0.05, 0.1) is 30.8 Å². The highest BCUT2D eigenvalue weighted by Crippen LogP contribution is 2.33. The summed E-state index contributed by atoms with van der Waals surface area (Å²) in [5, 5.41) is 16.2. The summed E-state index contributed by atoms with van der Waals surface area (Å²) in [6, 6.07) is 17.4. The number of amides is 1. The van der Waals surface area contributed by atoms with Crippen LogP contribution in [0, 0.1) is 0 Å². The van der Waals surface area contributed by atoms with Crippen LogP contribution in [0.25, 0.3) is 11.0 Å². The van der Waals surface area contributed by atoms with Crippen molar-refractivity contribution in [2.45, 2.75) is 38.4 Å². The number of hydrogen-bond donors (Lipinski definition) is 3. The van der Waals surface area contributed by atoms with E-state index >= 15 is 0 Å². The fourth-order valence-corrected chi connectivity index (χ4v) is 4.63. The molecule has 3 heterocycles. The van der Waals surface area contributed by atoms with Gasteiger partial charge in [-0.2, -0.15) is 11.3 Å². The first-order chi connectivity index (χ1) is 16.7. The molecular weight excluding hydrogens is 450 g/mol. The van der Waals surface area contributed by atoms with Gasteiger partial charge < -0.3 is 24.9 Å². The number of allylic oxidation sites excluding steroid dienone is 1. The smallest absolute Gasteiger partial charge is 0.286 e. The van der Waals surface area contributed by atoms with Gasteiger partial charge in [-0.05, 0) is 51.7 Å². The Balaban J connectivity index is 1.26. The lowest BCUT2D eigenvalue weighted by atomic mass is 9.95. The lowest BCUT2D eigenvalue weighted by molar-refractivity contribution is -0.150. The van der Waals surface area contributed by atoms with Gasteiger partial charge in [0, 0.05) is 12.3 Å². The van der Waals surface area contributed by atoms with Crippen LogP contribution in [0.3, 0.4) is 0 Å². The molecule has 7 nitrogen and oxygen atoms in total. The van der Waals surface area contributed by atoms with Crippen molar-refractivity contribution in [2.24, 2.45) is 0 Å². The Kier molecular flexibility index (Phi) is 6.71. The van der Waals surface area contributed by atoms with Crippen LogP contribution in [-0.4, -0.2) is 27.3 Å². The number of aromatic nitrogens is 2.